The van der Waals surface area contributed by atoms with E-state index in [0.29, 0.717) is 5.92 Å². The molecule has 47 heavy (non-hydrogen) atoms. The Hall–Kier alpha value is -3.35. The Balaban J connectivity index is 1.62. The number of ether oxygens (including phenoxy) is 2. The molecular formula is C41H60N4O2. The highest BCUT2D eigenvalue weighted by Crippen LogP contribution is 2.33. The summed E-state index contributed by atoms with van der Waals surface area (Å²) < 4.78 is 15.1. The van der Waals surface area contributed by atoms with E-state index in [9.17, 15) is 0 Å². The average molecular weight is 641 g/mol. The fourth-order valence-corrected chi connectivity index (χ4v) is 6.24. The van der Waals surface area contributed by atoms with E-state index in [4.69, 9.17) is 14.5 Å². The van der Waals surface area contributed by atoms with Gasteiger partial charge in [-0.15, -0.1) is 0 Å². The standard InChI is InChI=1S/C41H60N4O2/c1-8-13-28-45-39-31-38(46-29-16-27-44(11-4)12-5)30-35(17-14-15-26-43(9-2)10-3)40(39)42-41(45)34-20-24-37(25-21-34)47-36-22-18-33(19-23-36)32(6)7/h18-25,30-32H,8-17,26-29H2,1-7H3. The predicted octanol–water partition coefficient (Wildman–Crippen LogP) is 10.2. The summed E-state index contributed by atoms with van der Waals surface area (Å²) >= 11 is 0. The van der Waals surface area contributed by atoms with E-state index >= 15 is 0 Å². The van der Waals surface area contributed by atoms with Gasteiger partial charge in [0.15, 0.2) is 0 Å². The van der Waals surface area contributed by atoms with Crippen LogP contribution in [0.5, 0.6) is 17.2 Å². The van der Waals surface area contributed by atoms with Crippen molar-refractivity contribution >= 4 is 11.0 Å². The van der Waals surface area contributed by atoms with Crippen molar-refractivity contribution in [1.29, 1.82) is 0 Å². The molecule has 0 spiro atoms. The molecule has 0 radical (unpaired) electrons. The lowest BCUT2D eigenvalue weighted by Gasteiger charge is -2.18. The highest BCUT2D eigenvalue weighted by atomic mass is 16.5. The third kappa shape index (κ3) is 10.3. The van der Waals surface area contributed by atoms with E-state index in [0.717, 1.165) is 119 Å². The van der Waals surface area contributed by atoms with Crippen LogP contribution in [-0.2, 0) is 13.0 Å². The van der Waals surface area contributed by atoms with Crippen molar-refractivity contribution in [3.8, 4) is 28.6 Å². The molecule has 0 aliphatic carbocycles. The molecular weight excluding hydrogens is 580 g/mol. The van der Waals surface area contributed by atoms with Crippen LogP contribution in [0.3, 0.4) is 0 Å². The molecule has 0 unspecified atom stereocenters. The molecule has 0 aliphatic heterocycles. The highest BCUT2D eigenvalue weighted by Gasteiger charge is 2.18. The molecule has 0 saturated heterocycles. The molecule has 0 N–H and O–H groups in total. The summed E-state index contributed by atoms with van der Waals surface area (Å²) in [5.41, 5.74) is 6.00. The number of hydrogen-bond donors (Lipinski definition) is 0. The van der Waals surface area contributed by atoms with Crippen LogP contribution in [0, 0.1) is 0 Å². The van der Waals surface area contributed by atoms with Crippen molar-refractivity contribution < 1.29 is 9.47 Å². The zero-order chi connectivity index (χ0) is 33.6. The fraction of sp³-hybridized carbons (Fsp3) is 0.537. The van der Waals surface area contributed by atoms with Crippen molar-refractivity contribution in [3.05, 3.63) is 71.8 Å². The molecule has 0 aliphatic rings. The molecule has 0 atom stereocenters. The predicted molar refractivity (Wildman–Crippen MR) is 199 cm³/mol. The van der Waals surface area contributed by atoms with Crippen molar-refractivity contribution in [2.24, 2.45) is 0 Å². The lowest BCUT2D eigenvalue weighted by atomic mass is 10.0. The monoisotopic (exact) mass is 640 g/mol. The maximum Gasteiger partial charge on any atom is 0.141 e. The molecule has 6 nitrogen and oxygen atoms in total. The summed E-state index contributed by atoms with van der Waals surface area (Å²) in [4.78, 5) is 10.3. The minimum atomic E-state index is 0.503. The topological polar surface area (TPSA) is 42.8 Å². The smallest absolute Gasteiger partial charge is 0.141 e. The van der Waals surface area contributed by atoms with Crippen molar-refractivity contribution in [2.75, 3.05) is 45.9 Å². The van der Waals surface area contributed by atoms with Gasteiger partial charge in [-0.1, -0.05) is 67.0 Å². The summed E-state index contributed by atoms with van der Waals surface area (Å²) in [5, 5.41) is 0. The number of benzene rings is 3. The van der Waals surface area contributed by atoms with Gasteiger partial charge in [0.2, 0.25) is 0 Å². The molecule has 1 heterocycles. The molecule has 6 heteroatoms. The number of imidazole rings is 1. The Morgan fingerprint density at radius 3 is 1.91 bits per heavy atom. The Kier molecular flexibility index (Phi) is 14.6. The second-order valence-electron chi connectivity index (χ2n) is 13.0. The lowest BCUT2D eigenvalue weighted by Crippen LogP contribution is -2.25. The van der Waals surface area contributed by atoms with Gasteiger partial charge in [-0.3, -0.25) is 0 Å². The lowest BCUT2D eigenvalue weighted by molar-refractivity contribution is 0.249. The van der Waals surface area contributed by atoms with E-state index in [2.05, 4.69) is 123 Å². The van der Waals surface area contributed by atoms with Crippen LogP contribution < -0.4 is 9.47 Å². The normalized spacial score (nSPS) is 11.8. The van der Waals surface area contributed by atoms with Crippen LogP contribution in [0.15, 0.2) is 60.7 Å². The number of unbranched alkanes of at least 4 members (excludes halogenated alkanes) is 2. The molecule has 0 bridgehead atoms. The molecule has 4 rings (SSSR count). The molecule has 0 saturated carbocycles. The van der Waals surface area contributed by atoms with Crippen molar-refractivity contribution in [1.82, 2.24) is 19.4 Å². The van der Waals surface area contributed by atoms with Gasteiger partial charge < -0.3 is 23.8 Å². The maximum atomic E-state index is 6.45. The van der Waals surface area contributed by atoms with E-state index in [1.165, 1.54) is 23.1 Å². The largest absolute Gasteiger partial charge is 0.493 e. The SMILES string of the molecule is CCCCn1c(-c2ccc(Oc3ccc(C(C)C)cc3)cc2)nc2c(CCCCN(CC)CC)cc(OCCCN(CC)CC)cc21. The fourth-order valence-electron chi connectivity index (χ4n) is 6.24. The quantitative estimate of drug-likeness (QED) is 0.0848. The van der Waals surface area contributed by atoms with E-state index in [-0.39, 0.29) is 0 Å². The number of aromatic nitrogens is 2. The van der Waals surface area contributed by atoms with E-state index in [1.807, 2.05) is 0 Å². The van der Waals surface area contributed by atoms with Crippen molar-refractivity contribution in [3.63, 3.8) is 0 Å². The summed E-state index contributed by atoms with van der Waals surface area (Å²) in [6.45, 7) is 23.9. The summed E-state index contributed by atoms with van der Waals surface area (Å²) in [6.07, 6.45) is 6.57. The van der Waals surface area contributed by atoms with E-state index in [1.54, 1.807) is 0 Å². The second-order valence-corrected chi connectivity index (χ2v) is 13.0. The minimum absolute atomic E-state index is 0.503. The molecule has 256 valence electrons. The first kappa shape index (κ1) is 36.5. The molecule has 0 fully saturated rings. The third-order valence-electron chi connectivity index (χ3n) is 9.38. The van der Waals surface area contributed by atoms with Crippen LogP contribution in [0.25, 0.3) is 22.4 Å². The van der Waals surface area contributed by atoms with Crippen LogP contribution in [0.1, 0.15) is 97.6 Å². The number of hydrogen-bond acceptors (Lipinski definition) is 5. The third-order valence-corrected chi connectivity index (χ3v) is 9.38. The molecule has 0 amide bonds. The Morgan fingerprint density at radius 2 is 1.32 bits per heavy atom. The first-order chi connectivity index (χ1) is 22.9. The van der Waals surface area contributed by atoms with Crippen LogP contribution in [0.4, 0.5) is 0 Å². The van der Waals surface area contributed by atoms with Crippen LogP contribution in [-0.4, -0.2) is 65.2 Å². The molecule has 1 aromatic heterocycles. The average Bonchev–Trinajstić information content (AvgIpc) is 3.46. The van der Waals surface area contributed by atoms with Gasteiger partial charge in [-0.05, 0) is 124 Å². The van der Waals surface area contributed by atoms with Gasteiger partial charge >= 0.3 is 0 Å². The maximum absolute atomic E-state index is 6.45. The zero-order valence-corrected chi connectivity index (χ0v) is 30.4. The van der Waals surface area contributed by atoms with Crippen LogP contribution >= 0.6 is 0 Å². The second kappa shape index (κ2) is 18.8. The summed E-state index contributed by atoms with van der Waals surface area (Å²) in [5.74, 6) is 4.17. The number of nitrogens with zero attached hydrogens (tertiary/aromatic N) is 4. The van der Waals surface area contributed by atoms with Crippen LogP contribution in [0.2, 0.25) is 0 Å². The Bertz CT molecular complexity index is 1470. The van der Waals surface area contributed by atoms with Gasteiger partial charge in [0, 0.05) is 24.7 Å². The Labute approximate surface area is 285 Å². The first-order valence-corrected chi connectivity index (χ1v) is 18.4. The van der Waals surface area contributed by atoms with E-state index < -0.39 is 0 Å². The summed E-state index contributed by atoms with van der Waals surface area (Å²) in [7, 11) is 0. The van der Waals surface area contributed by atoms with Gasteiger partial charge in [0.05, 0.1) is 17.6 Å². The van der Waals surface area contributed by atoms with Crippen molar-refractivity contribution in [2.45, 2.75) is 99.5 Å². The summed E-state index contributed by atoms with van der Waals surface area (Å²) in [6, 6.07) is 21.3. The van der Waals surface area contributed by atoms with Gasteiger partial charge in [-0.2, -0.15) is 0 Å². The number of fused-ring (bicyclic) bond motifs is 1. The van der Waals surface area contributed by atoms with Gasteiger partial charge in [-0.25, -0.2) is 4.98 Å². The highest BCUT2D eigenvalue weighted by molar-refractivity contribution is 5.85. The van der Waals surface area contributed by atoms with Gasteiger partial charge in [0.25, 0.3) is 0 Å². The number of aryl methyl sites for hydroxylation is 2. The minimum Gasteiger partial charge on any atom is -0.493 e. The first-order valence-electron chi connectivity index (χ1n) is 18.4. The zero-order valence-electron chi connectivity index (χ0n) is 30.4. The Morgan fingerprint density at radius 1 is 0.702 bits per heavy atom. The number of rotatable bonds is 21. The molecule has 4 aromatic rings. The molecule has 3 aromatic carbocycles. The van der Waals surface area contributed by atoms with Gasteiger partial charge in [0.1, 0.15) is 23.1 Å².